The fourth-order valence-electron chi connectivity index (χ4n) is 2.73. The summed E-state index contributed by atoms with van der Waals surface area (Å²) in [5.41, 5.74) is 0.788. The van der Waals surface area contributed by atoms with Crippen molar-refractivity contribution < 1.29 is 9.90 Å². The smallest absolute Gasteiger partial charge is 0.246 e. The monoisotopic (exact) mass is 327 g/mol. The molecule has 0 spiro atoms. The van der Waals surface area contributed by atoms with Gasteiger partial charge in [-0.05, 0) is 42.7 Å². The van der Waals surface area contributed by atoms with Crippen LogP contribution in [0.15, 0.2) is 24.3 Å². The predicted octanol–water partition coefficient (Wildman–Crippen LogP) is 3.77. The van der Waals surface area contributed by atoms with Crippen molar-refractivity contribution in [2.24, 2.45) is 0 Å². The van der Waals surface area contributed by atoms with Crippen LogP contribution in [0.25, 0.3) is 6.08 Å². The van der Waals surface area contributed by atoms with Gasteiger partial charge < -0.3 is 10.0 Å². The van der Waals surface area contributed by atoms with Gasteiger partial charge in [0.05, 0.1) is 6.61 Å². The maximum Gasteiger partial charge on any atom is 0.246 e. The minimum atomic E-state index is -0.0768. The average Bonchev–Trinajstić information content (AvgIpc) is 2.95. The summed E-state index contributed by atoms with van der Waals surface area (Å²) in [5.74, 6) is -0.0768. The zero-order valence-corrected chi connectivity index (χ0v) is 13.3. The maximum atomic E-state index is 12.3. The van der Waals surface area contributed by atoms with E-state index in [1.165, 1.54) is 6.08 Å². The lowest BCUT2D eigenvalue weighted by molar-refractivity contribution is -0.128. The number of amides is 1. The third kappa shape index (κ3) is 4.73. The number of halogens is 2. The third-order valence-electron chi connectivity index (χ3n) is 3.69. The average molecular weight is 328 g/mol. The Morgan fingerprint density at radius 1 is 1.24 bits per heavy atom. The number of nitrogens with zero attached hydrogens (tertiary/aromatic N) is 1. The first-order valence-corrected chi connectivity index (χ1v) is 7.91. The van der Waals surface area contributed by atoms with Gasteiger partial charge in [0.25, 0.3) is 0 Å². The molecular formula is C16H19Cl2NO2. The molecule has 0 saturated heterocycles. The van der Waals surface area contributed by atoms with Gasteiger partial charge in [0.15, 0.2) is 0 Å². The molecule has 2 rings (SSSR count). The lowest BCUT2D eigenvalue weighted by atomic mass is 10.2. The van der Waals surface area contributed by atoms with E-state index in [-0.39, 0.29) is 18.6 Å². The number of carbonyl (C=O) groups is 1. The fourth-order valence-corrected chi connectivity index (χ4v) is 3.27. The Morgan fingerprint density at radius 2 is 1.86 bits per heavy atom. The summed E-state index contributed by atoms with van der Waals surface area (Å²) in [6.45, 7) is 0.364. The molecule has 1 aromatic rings. The van der Waals surface area contributed by atoms with Crippen molar-refractivity contribution >= 4 is 35.2 Å². The van der Waals surface area contributed by atoms with Crippen molar-refractivity contribution in [3.63, 3.8) is 0 Å². The minimum Gasteiger partial charge on any atom is -0.395 e. The van der Waals surface area contributed by atoms with Crippen molar-refractivity contribution in [2.75, 3.05) is 13.2 Å². The quantitative estimate of drug-likeness (QED) is 0.836. The maximum absolute atomic E-state index is 12.3. The fraction of sp³-hybridized carbons (Fsp3) is 0.438. The molecule has 1 saturated carbocycles. The van der Waals surface area contributed by atoms with Crippen molar-refractivity contribution in [3.05, 3.63) is 39.9 Å². The molecule has 1 fully saturated rings. The molecule has 5 heteroatoms. The van der Waals surface area contributed by atoms with E-state index in [1.807, 2.05) is 0 Å². The van der Waals surface area contributed by atoms with Gasteiger partial charge in [0, 0.05) is 28.7 Å². The molecule has 1 aromatic carbocycles. The lowest BCUT2D eigenvalue weighted by Crippen LogP contribution is -2.39. The van der Waals surface area contributed by atoms with E-state index in [0.717, 1.165) is 31.2 Å². The van der Waals surface area contributed by atoms with Crippen LogP contribution in [0.3, 0.4) is 0 Å². The van der Waals surface area contributed by atoms with E-state index >= 15 is 0 Å². The lowest BCUT2D eigenvalue weighted by Gasteiger charge is -2.27. The summed E-state index contributed by atoms with van der Waals surface area (Å²) in [6.07, 6.45) is 7.56. The zero-order valence-electron chi connectivity index (χ0n) is 11.8. The Labute approximate surface area is 135 Å². The molecule has 0 heterocycles. The highest BCUT2D eigenvalue weighted by Crippen LogP contribution is 2.24. The van der Waals surface area contributed by atoms with Gasteiger partial charge in [-0.3, -0.25) is 4.79 Å². The van der Waals surface area contributed by atoms with Crippen molar-refractivity contribution in [2.45, 2.75) is 31.7 Å². The van der Waals surface area contributed by atoms with Crippen molar-refractivity contribution in [1.82, 2.24) is 4.90 Å². The van der Waals surface area contributed by atoms with Crippen LogP contribution in [0.2, 0.25) is 10.0 Å². The summed E-state index contributed by atoms with van der Waals surface area (Å²) in [4.78, 5) is 14.1. The second-order valence-corrected chi connectivity index (χ2v) is 6.10. The highest BCUT2D eigenvalue weighted by atomic mass is 35.5. The number of carbonyl (C=O) groups excluding carboxylic acids is 1. The first-order valence-electron chi connectivity index (χ1n) is 7.16. The molecule has 0 aromatic heterocycles. The normalized spacial score (nSPS) is 15.8. The third-order valence-corrected chi connectivity index (χ3v) is 4.13. The second-order valence-electron chi connectivity index (χ2n) is 5.23. The van der Waals surface area contributed by atoms with Crippen molar-refractivity contribution in [1.29, 1.82) is 0 Å². The topological polar surface area (TPSA) is 40.5 Å². The molecule has 0 aliphatic heterocycles. The Kier molecular flexibility index (Phi) is 6.09. The van der Waals surface area contributed by atoms with E-state index in [2.05, 4.69) is 0 Å². The van der Waals surface area contributed by atoms with E-state index in [9.17, 15) is 4.79 Å². The van der Waals surface area contributed by atoms with Gasteiger partial charge in [-0.15, -0.1) is 0 Å². The van der Waals surface area contributed by atoms with E-state index in [4.69, 9.17) is 28.3 Å². The SMILES string of the molecule is O=C(C=Cc1cc(Cl)cc(Cl)c1)N(CCO)C1CCCC1. The van der Waals surface area contributed by atoms with E-state index < -0.39 is 0 Å². The second kappa shape index (κ2) is 7.83. The van der Waals surface area contributed by atoms with Crippen LogP contribution in [-0.4, -0.2) is 35.1 Å². The summed E-state index contributed by atoms with van der Waals surface area (Å²) >= 11 is 11.9. The largest absolute Gasteiger partial charge is 0.395 e. The molecule has 1 amide bonds. The number of benzene rings is 1. The molecule has 1 aliphatic carbocycles. The number of aliphatic hydroxyl groups excluding tert-OH is 1. The van der Waals surface area contributed by atoms with Crippen LogP contribution in [0.4, 0.5) is 0 Å². The van der Waals surface area contributed by atoms with Crippen LogP contribution in [0, 0.1) is 0 Å². The van der Waals surface area contributed by atoms with Crippen LogP contribution in [-0.2, 0) is 4.79 Å². The molecule has 21 heavy (non-hydrogen) atoms. The highest BCUT2D eigenvalue weighted by molar-refractivity contribution is 6.34. The number of aliphatic hydroxyl groups is 1. The molecule has 114 valence electrons. The molecule has 1 aliphatic rings. The van der Waals surface area contributed by atoms with Crippen LogP contribution >= 0.6 is 23.2 Å². The van der Waals surface area contributed by atoms with Gasteiger partial charge in [0.1, 0.15) is 0 Å². The van der Waals surface area contributed by atoms with E-state index in [0.29, 0.717) is 16.6 Å². The molecule has 0 bridgehead atoms. The first-order chi connectivity index (χ1) is 10.1. The first kappa shape index (κ1) is 16.3. The van der Waals surface area contributed by atoms with Gasteiger partial charge in [-0.25, -0.2) is 0 Å². The number of hydrogen-bond acceptors (Lipinski definition) is 2. The molecule has 1 N–H and O–H groups in total. The van der Waals surface area contributed by atoms with Gasteiger partial charge in [0.2, 0.25) is 5.91 Å². The van der Waals surface area contributed by atoms with Gasteiger partial charge in [-0.1, -0.05) is 36.0 Å². The Balaban J connectivity index is 2.08. The standard InChI is InChI=1S/C16H19Cl2NO2/c17-13-9-12(10-14(18)11-13)5-6-16(21)19(7-8-20)15-3-1-2-4-15/h5-6,9-11,15,20H,1-4,7-8H2. The highest BCUT2D eigenvalue weighted by Gasteiger charge is 2.24. The van der Waals surface area contributed by atoms with Crippen LogP contribution < -0.4 is 0 Å². The molecule has 3 nitrogen and oxygen atoms in total. The van der Waals surface area contributed by atoms with Crippen LogP contribution in [0.5, 0.6) is 0 Å². The Hall–Kier alpha value is -1.03. The van der Waals surface area contributed by atoms with E-state index in [1.54, 1.807) is 29.2 Å². The minimum absolute atomic E-state index is 0.0148. The number of hydrogen-bond donors (Lipinski definition) is 1. The predicted molar refractivity (Wildman–Crippen MR) is 86.6 cm³/mol. The van der Waals surface area contributed by atoms with Crippen LogP contribution in [0.1, 0.15) is 31.2 Å². The Bertz CT molecular complexity index is 505. The number of rotatable bonds is 5. The molecule has 0 radical (unpaired) electrons. The molecular weight excluding hydrogens is 309 g/mol. The Morgan fingerprint density at radius 3 is 2.43 bits per heavy atom. The summed E-state index contributed by atoms with van der Waals surface area (Å²) < 4.78 is 0. The van der Waals surface area contributed by atoms with Gasteiger partial charge >= 0.3 is 0 Å². The summed E-state index contributed by atoms with van der Waals surface area (Å²) in [7, 11) is 0. The van der Waals surface area contributed by atoms with Gasteiger partial charge in [-0.2, -0.15) is 0 Å². The zero-order chi connectivity index (χ0) is 15.2. The summed E-state index contributed by atoms with van der Waals surface area (Å²) in [6, 6.07) is 5.41. The molecule has 0 unspecified atom stereocenters. The summed E-state index contributed by atoms with van der Waals surface area (Å²) in [5, 5.41) is 10.2. The van der Waals surface area contributed by atoms with Crippen molar-refractivity contribution in [3.8, 4) is 0 Å². The molecule has 0 atom stereocenters.